The molecule has 59 heavy (non-hydrogen) atoms. The van der Waals surface area contributed by atoms with Gasteiger partial charge in [-0.25, -0.2) is 0 Å². The van der Waals surface area contributed by atoms with Crippen molar-refractivity contribution in [2.24, 2.45) is 21.7 Å². The Morgan fingerprint density at radius 2 is 1.20 bits per heavy atom. The minimum atomic E-state index is -0.773. The van der Waals surface area contributed by atoms with Gasteiger partial charge in [0.25, 0.3) is 0 Å². The van der Waals surface area contributed by atoms with E-state index < -0.39 is 22.8 Å². The summed E-state index contributed by atoms with van der Waals surface area (Å²) in [5, 5.41) is 45.2. The minimum absolute atomic E-state index is 0. The number of nitrogens with two attached hydrogens (primary N) is 2. The van der Waals surface area contributed by atoms with Crippen molar-refractivity contribution in [1.82, 2.24) is 0 Å². The molecule has 0 aromatic rings. The zero-order chi connectivity index (χ0) is 43.9. The van der Waals surface area contributed by atoms with E-state index in [1.165, 1.54) is 69.1 Å². The maximum atomic E-state index is 9.70. The van der Waals surface area contributed by atoms with E-state index in [0.29, 0.717) is 11.7 Å². The van der Waals surface area contributed by atoms with Crippen molar-refractivity contribution in [2.75, 3.05) is 0 Å². The summed E-state index contributed by atoms with van der Waals surface area (Å²) in [6.07, 6.45) is 28.8. The number of aliphatic hydroxyl groups is 4. The maximum absolute atomic E-state index is 9.70. The fraction of sp³-hybridized carbons (Fsp3) is 0.952. The molecule has 1 saturated heterocycles. The van der Waals surface area contributed by atoms with Crippen LogP contribution in [0, 0.1) is 0 Å². The Morgan fingerprint density at radius 1 is 0.678 bits per heavy atom. The summed E-state index contributed by atoms with van der Waals surface area (Å²) in [4.78, 5) is 6.97. The van der Waals surface area contributed by atoms with Gasteiger partial charge in [0.1, 0.15) is 0 Å². The number of fused-ring (bicyclic) bond motifs is 1. The van der Waals surface area contributed by atoms with Crippen LogP contribution in [0.4, 0.5) is 0 Å². The Kier molecular flexibility index (Phi) is 28.1. The van der Waals surface area contributed by atoms with Crippen LogP contribution in [-0.4, -0.2) is 78.7 Å². The molecule has 16 nitrogen and oxygen atoms in total. The molecule has 5 saturated carbocycles. The van der Waals surface area contributed by atoms with Crippen LogP contribution < -0.4 is 41.0 Å². The molecule has 6 aliphatic carbocycles. The topological polar surface area (TPSA) is 302 Å². The molecule has 0 aromatic heterocycles. The van der Waals surface area contributed by atoms with E-state index in [0.717, 1.165) is 89.9 Å². The molecule has 0 amide bonds. The van der Waals surface area contributed by atoms with Gasteiger partial charge in [-0.2, -0.15) is 0 Å². The SMILES string of the molecule is CC12CCCCC1O2.CC1=CCCCC1.C[C@]1(N)CCCC[C@@H]1O.C[C@]1(N=[N+]=[N-])CCCC[C@@H]1O.C[C@]1(O)CCCC[C@@H]1N.C[C@]1(O)CCCC[C@@H]1N=[N+]=[N-].[N-]=[N+]=[N-].[Na+]. The summed E-state index contributed by atoms with van der Waals surface area (Å²) < 4.78 is 5.47. The normalized spacial score (nSPS) is 37.7. The van der Waals surface area contributed by atoms with Gasteiger partial charge in [-0.15, -0.1) is 0 Å². The van der Waals surface area contributed by atoms with E-state index in [1.54, 1.807) is 12.5 Å². The van der Waals surface area contributed by atoms with Crippen molar-refractivity contribution in [3.05, 3.63) is 48.5 Å². The van der Waals surface area contributed by atoms with Crippen molar-refractivity contribution in [2.45, 2.75) is 254 Å². The summed E-state index contributed by atoms with van der Waals surface area (Å²) in [5.41, 5.74) is 41.1. The molecule has 17 heteroatoms. The van der Waals surface area contributed by atoms with Crippen LogP contribution in [0.25, 0.3) is 36.9 Å². The summed E-state index contributed by atoms with van der Waals surface area (Å²) in [6.45, 7) is 11.8. The summed E-state index contributed by atoms with van der Waals surface area (Å²) >= 11 is 0. The summed E-state index contributed by atoms with van der Waals surface area (Å²) in [6, 6.07) is -0.215. The van der Waals surface area contributed by atoms with Crippen LogP contribution in [0.2, 0.25) is 0 Å². The molecule has 7 aliphatic rings. The molecular weight excluding hydrogens is 762 g/mol. The first-order valence-electron chi connectivity index (χ1n) is 22.0. The van der Waals surface area contributed by atoms with Crippen molar-refractivity contribution < 1.29 is 54.7 Å². The first-order valence-corrected chi connectivity index (χ1v) is 22.0. The Hall–Kier alpha value is -1.61. The van der Waals surface area contributed by atoms with Crippen LogP contribution >= 0.6 is 0 Å². The molecule has 10 atom stereocenters. The van der Waals surface area contributed by atoms with Gasteiger partial charge in [-0.05, 0) is 136 Å². The summed E-state index contributed by atoms with van der Waals surface area (Å²) in [7, 11) is 0. The summed E-state index contributed by atoms with van der Waals surface area (Å²) in [5.74, 6) is 0. The molecule has 1 aliphatic heterocycles. The second-order valence-corrected chi connectivity index (χ2v) is 18.7. The third-order valence-electron chi connectivity index (χ3n) is 13.1. The molecule has 0 spiro atoms. The van der Waals surface area contributed by atoms with Gasteiger partial charge in [-0.1, -0.05) is 93.0 Å². The van der Waals surface area contributed by atoms with E-state index >= 15 is 0 Å². The molecule has 1 heterocycles. The van der Waals surface area contributed by atoms with Crippen molar-refractivity contribution >= 4 is 0 Å². The van der Waals surface area contributed by atoms with Gasteiger partial charge in [0.15, 0.2) is 0 Å². The minimum Gasteiger partial charge on any atom is -0.392 e. The molecule has 0 bridgehead atoms. The number of hydrogen-bond donors (Lipinski definition) is 6. The van der Waals surface area contributed by atoms with Gasteiger partial charge in [0.05, 0.1) is 46.7 Å². The van der Waals surface area contributed by atoms with Gasteiger partial charge >= 0.3 is 29.6 Å². The average molecular weight is 842 g/mol. The monoisotopic (exact) mass is 842 g/mol. The number of hydrogen-bond acceptors (Lipinski definition) is 9. The van der Waals surface area contributed by atoms with Crippen LogP contribution in [0.15, 0.2) is 21.9 Å². The Bertz CT molecular complexity index is 1320. The average Bonchev–Trinajstić information content (AvgIpc) is 3.87. The number of epoxide rings is 1. The van der Waals surface area contributed by atoms with Crippen LogP contribution in [0.5, 0.6) is 0 Å². The number of azide groups is 2. The number of rotatable bonds is 2. The molecule has 7 rings (SSSR count). The predicted molar refractivity (Wildman–Crippen MR) is 232 cm³/mol. The first-order chi connectivity index (χ1) is 27.2. The van der Waals surface area contributed by atoms with Crippen LogP contribution in [0.1, 0.15) is 196 Å². The third kappa shape index (κ3) is 22.4. The molecular formula is C42H80N11NaO5. The van der Waals surface area contributed by atoms with E-state index in [1.807, 2.05) is 20.8 Å². The van der Waals surface area contributed by atoms with Gasteiger partial charge < -0.3 is 47.7 Å². The maximum Gasteiger partial charge on any atom is 1.00 e. The number of allylic oxidation sites excluding steroid dienone is 2. The zero-order valence-corrected chi connectivity index (χ0v) is 39.8. The van der Waals surface area contributed by atoms with Gasteiger partial charge in [0, 0.05) is 21.4 Å². The molecule has 0 radical (unpaired) electrons. The molecule has 0 aromatic carbocycles. The standard InChI is InChI=1S/2C7H13N3O.2C7H15NO.C7H12O.C7H12.N3.Na/c1-7(9-10-8)5-3-2-4-6(7)11;1-7(11)5-3-2-4-6(7)9-10-8;1-7(8)5-3-2-4-6(7)9;1-7(9)5-3-2-4-6(7)8;1-7-5-3-2-4-6(7)8-7;1-7-5-3-2-4-6-7;1-3-2;/h2*6,11H,2-5H2,1H3;2*6,9H,2-5,8H2,1H3;6H,2-5H2,1H3;5H,2-4,6H2,1H3;;/q;;;;;;-1;+1/t4*6-,7-;;;;/m0000..../s1. The predicted octanol–water partition coefficient (Wildman–Crippen LogP) is 7.35. The second-order valence-electron chi connectivity index (χ2n) is 18.7. The number of ether oxygens (including phenoxy) is 1. The van der Waals surface area contributed by atoms with E-state index in [-0.39, 0.29) is 53.3 Å². The van der Waals surface area contributed by atoms with Gasteiger partial charge in [-0.3, -0.25) is 4.91 Å². The Balaban J connectivity index is 0.000000676. The molecule has 8 N–H and O–H groups in total. The van der Waals surface area contributed by atoms with Crippen molar-refractivity contribution in [3.8, 4) is 0 Å². The van der Waals surface area contributed by atoms with Gasteiger partial charge in [0.2, 0.25) is 0 Å². The number of aliphatic hydroxyl groups excluding tert-OH is 2. The fourth-order valence-electron chi connectivity index (χ4n) is 8.42. The van der Waals surface area contributed by atoms with Crippen molar-refractivity contribution in [1.29, 1.82) is 0 Å². The molecule has 2 unspecified atom stereocenters. The fourth-order valence-corrected chi connectivity index (χ4v) is 8.42. The van der Waals surface area contributed by atoms with Crippen molar-refractivity contribution in [3.63, 3.8) is 0 Å². The zero-order valence-electron chi connectivity index (χ0n) is 37.8. The largest absolute Gasteiger partial charge is 1.00 e. The van der Waals surface area contributed by atoms with E-state index in [2.05, 4.69) is 40.0 Å². The van der Waals surface area contributed by atoms with E-state index in [9.17, 15) is 20.4 Å². The van der Waals surface area contributed by atoms with E-state index in [4.69, 9.17) is 38.3 Å². The van der Waals surface area contributed by atoms with Crippen LogP contribution in [-0.2, 0) is 4.74 Å². The molecule has 334 valence electrons. The smallest absolute Gasteiger partial charge is 0.392 e. The molecule has 6 fully saturated rings. The Labute approximate surface area is 377 Å². The van der Waals surface area contributed by atoms with Crippen LogP contribution in [0.3, 0.4) is 0 Å². The third-order valence-corrected chi connectivity index (χ3v) is 13.1. The Morgan fingerprint density at radius 3 is 1.58 bits per heavy atom. The second kappa shape index (κ2) is 28.9. The quantitative estimate of drug-likeness (QED) is 0.0409. The number of nitrogens with zero attached hydrogens (tertiary/aromatic N) is 9. The first kappa shape index (κ1) is 57.4.